The van der Waals surface area contributed by atoms with E-state index in [9.17, 15) is 4.79 Å². The van der Waals surface area contributed by atoms with E-state index < -0.39 is 5.91 Å². The van der Waals surface area contributed by atoms with Crippen LogP contribution in [0.15, 0.2) is 0 Å². The third-order valence-corrected chi connectivity index (χ3v) is 5.22. The fourth-order valence-electron chi connectivity index (χ4n) is 2.81. The van der Waals surface area contributed by atoms with Crippen molar-refractivity contribution in [3.8, 4) is 5.75 Å². The van der Waals surface area contributed by atoms with Gasteiger partial charge in [-0.1, -0.05) is 13.3 Å². The second kappa shape index (κ2) is 6.35. The summed E-state index contributed by atoms with van der Waals surface area (Å²) in [5.74, 6) is 0.888. The monoisotopic (exact) mass is 297 g/mol. The Morgan fingerprint density at radius 1 is 1.40 bits per heavy atom. The number of anilines is 2. The van der Waals surface area contributed by atoms with Crippen LogP contribution in [-0.2, 0) is 0 Å². The van der Waals surface area contributed by atoms with Crippen molar-refractivity contribution < 1.29 is 9.53 Å². The van der Waals surface area contributed by atoms with Gasteiger partial charge in [0, 0.05) is 6.04 Å². The molecule has 0 saturated heterocycles. The van der Waals surface area contributed by atoms with Gasteiger partial charge in [-0.15, -0.1) is 11.3 Å². The number of hydrogen-bond acceptors (Lipinski definition) is 5. The number of nitrogen functional groups attached to an aromatic ring is 1. The first-order valence-corrected chi connectivity index (χ1v) is 7.91. The summed E-state index contributed by atoms with van der Waals surface area (Å²) in [6.07, 6.45) is 6.05. The highest BCUT2D eigenvalue weighted by atomic mass is 32.1. The predicted octanol–water partition coefficient (Wildman–Crippen LogP) is 2.82. The second-order valence-corrected chi connectivity index (χ2v) is 6.36. The molecule has 2 rings (SSSR count). The molecule has 1 heterocycles. The number of carbonyl (C=O) groups is 1. The van der Waals surface area contributed by atoms with Gasteiger partial charge in [0.15, 0.2) is 5.75 Å². The van der Waals surface area contributed by atoms with Crippen molar-refractivity contribution in [2.75, 3.05) is 18.2 Å². The molecule has 5 nitrogen and oxygen atoms in total. The predicted molar refractivity (Wildman–Crippen MR) is 83.5 cm³/mol. The van der Waals surface area contributed by atoms with Crippen LogP contribution in [0.3, 0.4) is 0 Å². The lowest BCUT2D eigenvalue weighted by Crippen LogP contribution is -2.25. The van der Waals surface area contributed by atoms with Gasteiger partial charge in [-0.2, -0.15) is 0 Å². The highest BCUT2D eigenvalue weighted by Gasteiger charge is 2.24. The minimum atomic E-state index is -0.506. The fourth-order valence-corrected chi connectivity index (χ4v) is 3.83. The molecule has 0 aliphatic heterocycles. The molecule has 1 aromatic heterocycles. The summed E-state index contributed by atoms with van der Waals surface area (Å²) < 4.78 is 5.31. The van der Waals surface area contributed by atoms with Crippen LogP contribution < -0.4 is 21.5 Å². The highest BCUT2D eigenvalue weighted by molar-refractivity contribution is 7.19. The molecule has 1 amide bonds. The average Bonchev–Trinajstić information content (AvgIpc) is 2.76. The van der Waals surface area contributed by atoms with Crippen LogP contribution in [0.2, 0.25) is 0 Å². The summed E-state index contributed by atoms with van der Waals surface area (Å²) in [6, 6.07) is 0.422. The lowest BCUT2D eigenvalue weighted by Gasteiger charge is -2.28. The highest BCUT2D eigenvalue weighted by Crippen LogP contribution is 2.43. The summed E-state index contributed by atoms with van der Waals surface area (Å²) >= 11 is 1.28. The van der Waals surface area contributed by atoms with Crippen molar-refractivity contribution in [3.05, 3.63) is 4.88 Å². The number of nitrogens with two attached hydrogens (primary N) is 2. The number of hydrogen-bond donors (Lipinski definition) is 3. The van der Waals surface area contributed by atoms with Crippen molar-refractivity contribution >= 4 is 27.9 Å². The molecule has 20 heavy (non-hydrogen) atoms. The number of methoxy groups -OCH3 is 1. The number of amides is 1. The van der Waals surface area contributed by atoms with E-state index in [2.05, 4.69) is 12.2 Å². The lowest BCUT2D eigenvalue weighted by molar-refractivity contribution is 0.100. The maximum Gasteiger partial charge on any atom is 0.261 e. The standard InChI is InChI=1S/C14H23N3O2S/c1-3-8-4-6-9(7-5-8)17-14-11(19-2)10(15)12(20-14)13(16)18/h8-9,17H,3-7,15H2,1-2H3,(H2,16,18). The fraction of sp³-hybridized carbons (Fsp3) is 0.643. The first-order chi connectivity index (χ1) is 9.56. The first kappa shape index (κ1) is 15.0. The maximum atomic E-state index is 11.3. The summed E-state index contributed by atoms with van der Waals surface area (Å²) in [6.45, 7) is 2.25. The van der Waals surface area contributed by atoms with Crippen LogP contribution in [0, 0.1) is 5.92 Å². The molecule has 5 N–H and O–H groups in total. The molecule has 0 radical (unpaired) electrons. The van der Waals surface area contributed by atoms with E-state index in [-0.39, 0.29) is 0 Å². The Balaban J connectivity index is 2.09. The SMILES string of the molecule is CCC1CCC(Nc2sc(C(N)=O)c(N)c2OC)CC1. The lowest BCUT2D eigenvalue weighted by atomic mass is 9.84. The van der Waals surface area contributed by atoms with E-state index >= 15 is 0 Å². The molecule has 1 aliphatic rings. The normalized spacial score (nSPS) is 22.5. The van der Waals surface area contributed by atoms with Gasteiger partial charge in [-0.3, -0.25) is 4.79 Å². The minimum absolute atomic E-state index is 0.342. The Morgan fingerprint density at radius 3 is 2.55 bits per heavy atom. The van der Waals surface area contributed by atoms with Gasteiger partial charge in [0.1, 0.15) is 15.6 Å². The molecular weight excluding hydrogens is 274 g/mol. The number of thiophene rings is 1. The van der Waals surface area contributed by atoms with Crippen molar-refractivity contribution in [3.63, 3.8) is 0 Å². The van der Waals surface area contributed by atoms with Crippen molar-refractivity contribution in [2.24, 2.45) is 11.7 Å². The van der Waals surface area contributed by atoms with Crippen LogP contribution >= 0.6 is 11.3 Å². The number of ether oxygens (including phenoxy) is 1. The van der Waals surface area contributed by atoms with Gasteiger partial charge in [-0.05, 0) is 31.6 Å². The number of rotatable bonds is 5. The zero-order chi connectivity index (χ0) is 14.7. The van der Waals surface area contributed by atoms with E-state index in [0.717, 1.165) is 23.8 Å². The summed E-state index contributed by atoms with van der Waals surface area (Å²) in [5.41, 5.74) is 11.6. The van der Waals surface area contributed by atoms with E-state index in [1.165, 1.54) is 30.6 Å². The molecule has 1 aliphatic carbocycles. The van der Waals surface area contributed by atoms with Crippen LogP contribution in [0.1, 0.15) is 48.7 Å². The summed E-state index contributed by atoms with van der Waals surface area (Å²) in [4.78, 5) is 11.7. The molecule has 1 fully saturated rings. The average molecular weight is 297 g/mol. The summed E-state index contributed by atoms with van der Waals surface area (Å²) in [5, 5.41) is 4.29. The van der Waals surface area contributed by atoms with Crippen LogP contribution in [0.5, 0.6) is 5.75 Å². The second-order valence-electron chi connectivity index (χ2n) is 5.34. The van der Waals surface area contributed by atoms with Gasteiger partial charge in [0.25, 0.3) is 5.91 Å². The molecule has 0 aromatic carbocycles. The zero-order valence-electron chi connectivity index (χ0n) is 12.1. The Kier molecular flexibility index (Phi) is 4.75. The molecule has 0 spiro atoms. The molecule has 1 aromatic rings. The number of nitrogens with one attached hydrogen (secondary N) is 1. The zero-order valence-corrected chi connectivity index (χ0v) is 12.9. The Labute approximate surface area is 123 Å². The Bertz CT molecular complexity index is 479. The van der Waals surface area contributed by atoms with Crippen LogP contribution in [-0.4, -0.2) is 19.1 Å². The topological polar surface area (TPSA) is 90.4 Å². The quantitative estimate of drug-likeness (QED) is 0.779. The van der Waals surface area contributed by atoms with Crippen molar-refractivity contribution in [1.82, 2.24) is 0 Å². The Hall–Kier alpha value is -1.43. The van der Waals surface area contributed by atoms with Gasteiger partial charge < -0.3 is 21.5 Å². The number of carbonyl (C=O) groups excluding carboxylic acids is 1. The van der Waals surface area contributed by atoms with Gasteiger partial charge in [0.2, 0.25) is 0 Å². The molecule has 0 unspecified atom stereocenters. The van der Waals surface area contributed by atoms with Crippen LogP contribution in [0.4, 0.5) is 10.7 Å². The smallest absolute Gasteiger partial charge is 0.261 e. The molecule has 0 bridgehead atoms. The minimum Gasteiger partial charge on any atom is -0.492 e. The Morgan fingerprint density at radius 2 is 2.05 bits per heavy atom. The molecular formula is C14H23N3O2S. The van der Waals surface area contributed by atoms with Gasteiger partial charge in [0.05, 0.1) is 7.11 Å². The third-order valence-electron chi connectivity index (χ3n) is 4.09. The van der Waals surface area contributed by atoms with Gasteiger partial charge in [-0.25, -0.2) is 0 Å². The molecule has 1 saturated carbocycles. The molecule has 6 heteroatoms. The van der Waals surface area contributed by atoms with Crippen molar-refractivity contribution in [2.45, 2.75) is 45.1 Å². The largest absolute Gasteiger partial charge is 0.492 e. The molecule has 112 valence electrons. The van der Waals surface area contributed by atoms with Crippen LogP contribution in [0.25, 0.3) is 0 Å². The van der Waals surface area contributed by atoms with E-state index in [4.69, 9.17) is 16.2 Å². The van der Waals surface area contributed by atoms with Crippen molar-refractivity contribution in [1.29, 1.82) is 0 Å². The maximum absolute atomic E-state index is 11.3. The summed E-state index contributed by atoms with van der Waals surface area (Å²) in [7, 11) is 1.56. The van der Waals surface area contributed by atoms with E-state index in [1.807, 2.05) is 0 Å². The number of primary amides is 1. The van der Waals surface area contributed by atoms with E-state index in [0.29, 0.717) is 22.4 Å². The molecule has 0 atom stereocenters. The van der Waals surface area contributed by atoms with E-state index in [1.54, 1.807) is 7.11 Å². The first-order valence-electron chi connectivity index (χ1n) is 7.09. The van der Waals surface area contributed by atoms with Gasteiger partial charge >= 0.3 is 0 Å². The third kappa shape index (κ3) is 3.00.